The molecule has 0 spiro atoms. The second-order valence-electron chi connectivity index (χ2n) is 5.94. The van der Waals surface area contributed by atoms with Crippen molar-refractivity contribution in [1.82, 2.24) is 10.2 Å². The van der Waals surface area contributed by atoms with E-state index in [1.54, 1.807) is 0 Å². The Morgan fingerprint density at radius 3 is 1.93 bits per heavy atom. The Bertz CT molecular complexity index is 658. The number of nitrogens with zero attached hydrogens (tertiary/aromatic N) is 1. The summed E-state index contributed by atoms with van der Waals surface area (Å²) >= 11 is 0. The minimum absolute atomic E-state index is 0. The lowest BCUT2D eigenvalue weighted by atomic mass is 9.96. The zero-order valence-electron chi connectivity index (χ0n) is 15.0. The van der Waals surface area contributed by atoms with Gasteiger partial charge >= 0.3 is 5.97 Å². The van der Waals surface area contributed by atoms with Crippen LogP contribution in [0, 0.1) is 0 Å². The molecule has 0 fully saturated rings. The van der Waals surface area contributed by atoms with Gasteiger partial charge in [-0.3, -0.25) is 14.5 Å². The lowest BCUT2D eigenvalue weighted by Crippen LogP contribution is -2.41. The molecule has 2 aromatic rings. The van der Waals surface area contributed by atoms with E-state index in [1.807, 2.05) is 65.6 Å². The van der Waals surface area contributed by atoms with Gasteiger partial charge < -0.3 is 15.5 Å². The number of aliphatic carboxylic acids is 1. The van der Waals surface area contributed by atoms with Crippen LogP contribution in [0.2, 0.25) is 0 Å². The van der Waals surface area contributed by atoms with Crippen molar-refractivity contribution < 1.29 is 19.8 Å². The van der Waals surface area contributed by atoms with E-state index in [0.717, 1.165) is 11.1 Å². The van der Waals surface area contributed by atoms with E-state index < -0.39 is 12.5 Å². The molecule has 3 N–H and O–H groups in total. The van der Waals surface area contributed by atoms with E-state index >= 15 is 0 Å². The minimum atomic E-state index is -1.08. The molecule has 0 radical (unpaired) electrons. The molecule has 0 atom stereocenters. The SMILES string of the molecule is Cl.O=C(O)CNC(=O)CN(CCCO)C(c1ccccc1)c1ccccc1. The molecule has 27 heavy (non-hydrogen) atoms. The molecule has 1 amide bonds. The molecule has 0 aromatic heterocycles. The Hall–Kier alpha value is -2.41. The van der Waals surface area contributed by atoms with Crippen molar-refractivity contribution in [2.45, 2.75) is 12.5 Å². The van der Waals surface area contributed by atoms with Crippen LogP contribution >= 0.6 is 12.4 Å². The molecule has 6 nitrogen and oxygen atoms in total. The maximum atomic E-state index is 12.2. The summed E-state index contributed by atoms with van der Waals surface area (Å²) in [5, 5.41) is 20.4. The molecule has 0 unspecified atom stereocenters. The zero-order valence-corrected chi connectivity index (χ0v) is 15.8. The maximum Gasteiger partial charge on any atom is 0.322 e. The van der Waals surface area contributed by atoms with Crippen molar-refractivity contribution in [1.29, 1.82) is 0 Å². The van der Waals surface area contributed by atoms with Crippen LogP contribution in [0.25, 0.3) is 0 Å². The van der Waals surface area contributed by atoms with Crippen molar-refractivity contribution in [2.75, 3.05) is 26.2 Å². The molecule has 2 rings (SSSR count). The monoisotopic (exact) mass is 392 g/mol. The average Bonchev–Trinajstić information content (AvgIpc) is 2.66. The molecule has 0 heterocycles. The smallest absolute Gasteiger partial charge is 0.322 e. The highest BCUT2D eigenvalue weighted by Gasteiger charge is 2.24. The van der Waals surface area contributed by atoms with Gasteiger partial charge in [0.05, 0.1) is 12.6 Å². The van der Waals surface area contributed by atoms with Crippen LogP contribution in [-0.4, -0.2) is 53.2 Å². The Kier molecular flexibility index (Phi) is 10.1. The molecule has 0 saturated carbocycles. The third-order valence-electron chi connectivity index (χ3n) is 3.98. The third-order valence-corrected chi connectivity index (χ3v) is 3.98. The quantitative estimate of drug-likeness (QED) is 0.576. The van der Waals surface area contributed by atoms with Crippen LogP contribution in [0.15, 0.2) is 60.7 Å². The van der Waals surface area contributed by atoms with Crippen molar-refractivity contribution >= 4 is 24.3 Å². The van der Waals surface area contributed by atoms with Crippen molar-refractivity contribution in [3.05, 3.63) is 71.8 Å². The molecule has 0 saturated heterocycles. The predicted octanol–water partition coefficient (Wildman–Crippen LogP) is 2.08. The van der Waals surface area contributed by atoms with Crippen LogP contribution in [-0.2, 0) is 9.59 Å². The van der Waals surface area contributed by atoms with Crippen molar-refractivity contribution in [2.24, 2.45) is 0 Å². The molecular formula is C20H25ClN2O4. The van der Waals surface area contributed by atoms with Crippen LogP contribution < -0.4 is 5.32 Å². The Morgan fingerprint density at radius 2 is 1.48 bits per heavy atom. The summed E-state index contributed by atoms with van der Waals surface area (Å²) in [6, 6.07) is 19.5. The first-order chi connectivity index (χ1) is 12.6. The molecule has 0 aliphatic carbocycles. The summed E-state index contributed by atoms with van der Waals surface area (Å²) in [7, 11) is 0. The fourth-order valence-electron chi connectivity index (χ4n) is 2.87. The standard InChI is InChI=1S/C20H24N2O4.ClH/c23-13-7-12-22(15-18(24)21-14-19(25)26)20(16-8-3-1-4-9-16)17-10-5-2-6-11-17;/h1-6,8-11,20,23H,7,12-15H2,(H,21,24)(H,25,26);1H. The van der Waals surface area contributed by atoms with Gasteiger partial charge in [-0.05, 0) is 17.5 Å². The van der Waals surface area contributed by atoms with E-state index in [9.17, 15) is 14.7 Å². The van der Waals surface area contributed by atoms with Gasteiger partial charge in [0.1, 0.15) is 6.54 Å². The molecular weight excluding hydrogens is 368 g/mol. The number of carboxylic acid groups (broad SMARTS) is 1. The van der Waals surface area contributed by atoms with Gasteiger partial charge in [-0.1, -0.05) is 60.7 Å². The number of hydrogen-bond donors (Lipinski definition) is 3. The molecule has 0 bridgehead atoms. The number of hydrogen-bond acceptors (Lipinski definition) is 4. The largest absolute Gasteiger partial charge is 0.480 e. The van der Waals surface area contributed by atoms with E-state index in [1.165, 1.54) is 0 Å². The summed E-state index contributed by atoms with van der Waals surface area (Å²) in [5.74, 6) is -1.44. The van der Waals surface area contributed by atoms with E-state index in [0.29, 0.717) is 13.0 Å². The normalized spacial score (nSPS) is 10.5. The number of carbonyl (C=O) groups is 2. The lowest BCUT2D eigenvalue weighted by Gasteiger charge is -2.32. The van der Waals surface area contributed by atoms with Crippen molar-refractivity contribution in [3.8, 4) is 0 Å². The number of halogens is 1. The number of aliphatic hydroxyl groups is 1. The van der Waals surface area contributed by atoms with Crippen LogP contribution in [0.5, 0.6) is 0 Å². The number of aliphatic hydroxyl groups excluding tert-OH is 1. The van der Waals surface area contributed by atoms with Crippen LogP contribution in [0.4, 0.5) is 0 Å². The first-order valence-electron chi connectivity index (χ1n) is 8.55. The number of benzene rings is 2. The average molecular weight is 393 g/mol. The number of carbonyl (C=O) groups excluding carboxylic acids is 1. The molecule has 0 aliphatic rings. The van der Waals surface area contributed by atoms with Gasteiger partial charge in [0.25, 0.3) is 0 Å². The Morgan fingerprint density at radius 1 is 0.963 bits per heavy atom. The number of rotatable bonds is 10. The van der Waals surface area contributed by atoms with E-state index in [-0.39, 0.29) is 37.5 Å². The Balaban J connectivity index is 0.00000364. The number of amides is 1. The van der Waals surface area contributed by atoms with Crippen LogP contribution in [0.3, 0.4) is 0 Å². The number of nitrogens with one attached hydrogen (secondary N) is 1. The molecule has 146 valence electrons. The van der Waals surface area contributed by atoms with Crippen molar-refractivity contribution in [3.63, 3.8) is 0 Å². The van der Waals surface area contributed by atoms with E-state index in [2.05, 4.69) is 5.32 Å². The highest BCUT2D eigenvalue weighted by atomic mass is 35.5. The van der Waals surface area contributed by atoms with Crippen LogP contribution in [0.1, 0.15) is 23.6 Å². The van der Waals surface area contributed by atoms with Gasteiger partial charge in [-0.15, -0.1) is 12.4 Å². The lowest BCUT2D eigenvalue weighted by molar-refractivity contribution is -0.138. The highest BCUT2D eigenvalue weighted by Crippen LogP contribution is 2.28. The van der Waals surface area contributed by atoms with Gasteiger partial charge in [-0.25, -0.2) is 0 Å². The van der Waals surface area contributed by atoms with Gasteiger partial charge in [0.2, 0.25) is 5.91 Å². The van der Waals surface area contributed by atoms with Gasteiger partial charge in [0.15, 0.2) is 0 Å². The number of carboxylic acids is 1. The first kappa shape index (κ1) is 22.6. The predicted molar refractivity (Wildman–Crippen MR) is 106 cm³/mol. The fourth-order valence-corrected chi connectivity index (χ4v) is 2.87. The summed E-state index contributed by atoms with van der Waals surface area (Å²) < 4.78 is 0. The Labute approximate surface area is 165 Å². The van der Waals surface area contributed by atoms with Gasteiger partial charge in [-0.2, -0.15) is 0 Å². The first-order valence-corrected chi connectivity index (χ1v) is 8.55. The molecule has 7 heteroatoms. The second-order valence-corrected chi connectivity index (χ2v) is 5.94. The zero-order chi connectivity index (χ0) is 18.8. The molecule has 2 aromatic carbocycles. The molecule has 0 aliphatic heterocycles. The third kappa shape index (κ3) is 7.38. The maximum absolute atomic E-state index is 12.2. The summed E-state index contributed by atoms with van der Waals surface area (Å²) in [4.78, 5) is 24.8. The van der Waals surface area contributed by atoms with E-state index in [4.69, 9.17) is 5.11 Å². The second kappa shape index (κ2) is 12.1. The van der Waals surface area contributed by atoms with Gasteiger partial charge in [0, 0.05) is 13.2 Å². The topological polar surface area (TPSA) is 89.9 Å². The summed E-state index contributed by atoms with van der Waals surface area (Å²) in [6.45, 7) is 0.157. The summed E-state index contributed by atoms with van der Waals surface area (Å²) in [6.07, 6.45) is 0.516. The fraction of sp³-hybridized carbons (Fsp3) is 0.300. The highest BCUT2D eigenvalue weighted by molar-refractivity contribution is 5.85. The summed E-state index contributed by atoms with van der Waals surface area (Å²) in [5.41, 5.74) is 2.06. The minimum Gasteiger partial charge on any atom is -0.480 e.